The Balaban J connectivity index is 2.97. The number of hydrogen-bond acceptors (Lipinski definition) is 4. The van der Waals surface area contributed by atoms with Gasteiger partial charge in [-0.15, -0.1) is 10.2 Å². The van der Waals surface area contributed by atoms with Gasteiger partial charge in [0.25, 0.3) is 0 Å². The highest BCUT2D eigenvalue weighted by atomic mass is 32.1. The SMILES string of the molecule is CC(C)(C)/C(N)=N/c1nnc(C(C)(C)C)s1. The molecule has 90 valence electrons. The van der Waals surface area contributed by atoms with Gasteiger partial charge >= 0.3 is 0 Å². The summed E-state index contributed by atoms with van der Waals surface area (Å²) in [6.07, 6.45) is 0. The van der Waals surface area contributed by atoms with Crippen LogP contribution in [0.15, 0.2) is 4.99 Å². The summed E-state index contributed by atoms with van der Waals surface area (Å²) in [5.41, 5.74) is 5.77. The molecule has 1 rings (SSSR count). The van der Waals surface area contributed by atoms with E-state index in [0.717, 1.165) is 5.01 Å². The van der Waals surface area contributed by atoms with Crippen molar-refractivity contribution < 1.29 is 0 Å². The van der Waals surface area contributed by atoms with Crippen molar-refractivity contribution >= 4 is 22.3 Å². The molecular formula is C11H20N4S. The fraction of sp³-hybridized carbons (Fsp3) is 0.727. The first-order chi connectivity index (χ1) is 7.10. The lowest BCUT2D eigenvalue weighted by Gasteiger charge is -2.16. The average Bonchev–Trinajstić information content (AvgIpc) is 2.49. The van der Waals surface area contributed by atoms with Crippen molar-refractivity contribution in [2.75, 3.05) is 0 Å². The monoisotopic (exact) mass is 240 g/mol. The van der Waals surface area contributed by atoms with Crippen LogP contribution in [0.3, 0.4) is 0 Å². The topological polar surface area (TPSA) is 64.2 Å². The molecule has 0 amide bonds. The Kier molecular flexibility index (Phi) is 3.38. The Labute approximate surface area is 101 Å². The van der Waals surface area contributed by atoms with E-state index in [1.165, 1.54) is 11.3 Å². The zero-order chi connectivity index (χ0) is 12.6. The predicted octanol–water partition coefficient (Wildman–Crippen LogP) is 2.87. The molecule has 0 atom stereocenters. The van der Waals surface area contributed by atoms with Gasteiger partial charge in [0.15, 0.2) is 0 Å². The molecule has 4 nitrogen and oxygen atoms in total. The van der Waals surface area contributed by atoms with E-state index in [2.05, 4.69) is 36.0 Å². The Morgan fingerprint density at radius 2 is 1.69 bits per heavy atom. The third kappa shape index (κ3) is 3.27. The zero-order valence-electron chi connectivity index (χ0n) is 10.8. The standard InChI is InChI=1S/C11H20N4S/c1-10(2,3)7(12)13-9-15-14-8(16-9)11(4,5)6/h1-6H3,(H2,12,13,15). The van der Waals surface area contributed by atoms with Gasteiger partial charge in [-0.05, 0) is 0 Å². The van der Waals surface area contributed by atoms with E-state index in [9.17, 15) is 0 Å². The molecule has 0 saturated heterocycles. The Hall–Kier alpha value is -0.970. The van der Waals surface area contributed by atoms with Gasteiger partial charge in [-0.2, -0.15) is 0 Å². The molecule has 16 heavy (non-hydrogen) atoms. The second-order valence-corrected chi connectivity index (χ2v) is 6.84. The van der Waals surface area contributed by atoms with E-state index < -0.39 is 0 Å². The van der Waals surface area contributed by atoms with Crippen LogP contribution in [-0.2, 0) is 5.41 Å². The summed E-state index contributed by atoms with van der Waals surface area (Å²) in [7, 11) is 0. The lowest BCUT2D eigenvalue weighted by molar-refractivity contribution is 0.578. The Morgan fingerprint density at radius 3 is 2.06 bits per heavy atom. The van der Waals surface area contributed by atoms with Crippen molar-refractivity contribution in [3.63, 3.8) is 0 Å². The van der Waals surface area contributed by atoms with E-state index in [4.69, 9.17) is 5.73 Å². The van der Waals surface area contributed by atoms with Crippen molar-refractivity contribution in [3.05, 3.63) is 5.01 Å². The van der Waals surface area contributed by atoms with Crippen molar-refractivity contribution in [2.45, 2.75) is 47.0 Å². The summed E-state index contributed by atoms with van der Waals surface area (Å²) in [5.74, 6) is 0.587. The molecule has 0 fully saturated rings. The average molecular weight is 240 g/mol. The Bertz CT molecular complexity index is 393. The molecule has 5 heteroatoms. The number of nitrogens with two attached hydrogens (primary N) is 1. The summed E-state index contributed by atoms with van der Waals surface area (Å²) in [5, 5.41) is 9.78. The molecule has 0 aliphatic heterocycles. The minimum Gasteiger partial charge on any atom is -0.387 e. The van der Waals surface area contributed by atoms with Crippen LogP contribution in [0.1, 0.15) is 46.6 Å². The highest BCUT2D eigenvalue weighted by Crippen LogP contribution is 2.29. The maximum absolute atomic E-state index is 5.89. The highest BCUT2D eigenvalue weighted by Gasteiger charge is 2.20. The zero-order valence-corrected chi connectivity index (χ0v) is 11.6. The third-order valence-corrected chi connectivity index (χ3v) is 3.28. The van der Waals surface area contributed by atoms with Crippen molar-refractivity contribution in [1.82, 2.24) is 10.2 Å². The van der Waals surface area contributed by atoms with Gasteiger partial charge in [0.1, 0.15) is 10.8 Å². The van der Waals surface area contributed by atoms with Crippen molar-refractivity contribution in [3.8, 4) is 0 Å². The van der Waals surface area contributed by atoms with Gasteiger partial charge in [-0.1, -0.05) is 52.9 Å². The molecule has 0 aliphatic carbocycles. The molecule has 0 radical (unpaired) electrons. The Morgan fingerprint density at radius 1 is 1.12 bits per heavy atom. The summed E-state index contributed by atoms with van der Waals surface area (Å²) < 4.78 is 0. The molecule has 1 aromatic rings. The van der Waals surface area contributed by atoms with Gasteiger partial charge < -0.3 is 5.73 Å². The summed E-state index contributed by atoms with van der Waals surface area (Å²) in [6, 6.07) is 0. The molecule has 0 unspecified atom stereocenters. The quantitative estimate of drug-likeness (QED) is 0.606. The maximum atomic E-state index is 5.89. The number of rotatable bonds is 1. The molecule has 0 aliphatic rings. The molecule has 1 aromatic heterocycles. The van der Waals surface area contributed by atoms with Crippen LogP contribution in [0.4, 0.5) is 5.13 Å². The van der Waals surface area contributed by atoms with Gasteiger partial charge in [-0.25, -0.2) is 4.99 Å². The number of aromatic nitrogens is 2. The van der Waals surface area contributed by atoms with Crippen LogP contribution < -0.4 is 5.73 Å². The summed E-state index contributed by atoms with van der Waals surface area (Å²) >= 11 is 1.49. The lowest BCUT2D eigenvalue weighted by Crippen LogP contribution is -2.28. The summed E-state index contributed by atoms with van der Waals surface area (Å²) in [4.78, 5) is 4.30. The normalized spacial score (nSPS) is 14.2. The molecule has 2 N–H and O–H groups in total. The molecular weight excluding hydrogens is 220 g/mol. The van der Waals surface area contributed by atoms with E-state index >= 15 is 0 Å². The van der Waals surface area contributed by atoms with Crippen LogP contribution in [0.2, 0.25) is 0 Å². The second-order valence-electron chi connectivity index (χ2n) is 5.89. The van der Waals surface area contributed by atoms with Gasteiger partial charge in [0.05, 0.1) is 0 Å². The smallest absolute Gasteiger partial charge is 0.233 e. The first kappa shape index (κ1) is 13.1. The molecule has 0 bridgehead atoms. The molecule has 1 heterocycles. The molecule has 0 spiro atoms. The molecule has 0 saturated carbocycles. The van der Waals surface area contributed by atoms with E-state index in [0.29, 0.717) is 11.0 Å². The predicted molar refractivity (Wildman–Crippen MR) is 69.3 cm³/mol. The van der Waals surface area contributed by atoms with Gasteiger partial charge in [-0.3, -0.25) is 0 Å². The first-order valence-electron chi connectivity index (χ1n) is 5.29. The van der Waals surface area contributed by atoms with Crippen LogP contribution in [-0.4, -0.2) is 16.0 Å². The number of aliphatic imine (C=N–C) groups is 1. The lowest BCUT2D eigenvalue weighted by atomic mass is 9.95. The van der Waals surface area contributed by atoms with E-state index in [1.807, 2.05) is 20.8 Å². The second kappa shape index (κ2) is 4.13. The number of hydrogen-bond donors (Lipinski definition) is 1. The minimum atomic E-state index is -0.131. The minimum absolute atomic E-state index is 0.0158. The van der Waals surface area contributed by atoms with Crippen LogP contribution >= 0.6 is 11.3 Å². The number of nitrogens with zero attached hydrogens (tertiary/aromatic N) is 3. The van der Waals surface area contributed by atoms with E-state index in [-0.39, 0.29) is 10.8 Å². The fourth-order valence-electron chi connectivity index (χ4n) is 0.835. The molecule has 0 aromatic carbocycles. The maximum Gasteiger partial charge on any atom is 0.233 e. The highest BCUT2D eigenvalue weighted by molar-refractivity contribution is 7.15. The first-order valence-corrected chi connectivity index (χ1v) is 6.11. The number of amidine groups is 1. The van der Waals surface area contributed by atoms with Crippen LogP contribution in [0.5, 0.6) is 0 Å². The van der Waals surface area contributed by atoms with Gasteiger partial charge in [0, 0.05) is 10.8 Å². The fourth-order valence-corrected chi connectivity index (χ4v) is 1.62. The van der Waals surface area contributed by atoms with Gasteiger partial charge in [0.2, 0.25) is 5.13 Å². The van der Waals surface area contributed by atoms with Crippen molar-refractivity contribution in [2.24, 2.45) is 16.1 Å². The largest absolute Gasteiger partial charge is 0.387 e. The van der Waals surface area contributed by atoms with Crippen LogP contribution in [0, 0.1) is 5.41 Å². The van der Waals surface area contributed by atoms with Crippen molar-refractivity contribution in [1.29, 1.82) is 0 Å². The van der Waals surface area contributed by atoms with Crippen LogP contribution in [0.25, 0.3) is 0 Å². The third-order valence-electron chi connectivity index (χ3n) is 2.04. The van der Waals surface area contributed by atoms with E-state index in [1.54, 1.807) is 0 Å². The summed E-state index contributed by atoms with van der Waals surface area (Å²) in [6.45, 7) is 12.4.